The molecule has 0 unspecified atom stereocenters. The van der Waals surface area contributed by atoms with E-state index < -0.39 is 0 Å². The molecule has 2 N–H and O–H groups in total. The highest BCUT2D eigenvalue weighted by Gasteiger charge is 2.22. The summed E-state index contributed by atoms with van der Waals surface area (Å²) in [6.07, 6.45) is 0.855. The third-order valence-corrected chi connectivity index (χ3v) is 5.71. The Kier molecular flexibility index (Phi) is 10.2. The highest BCUT2D eigenvalue weighted by Crippen LogP contribution is 2.19. The van der Waals surface area contributed by atoms with Gasteiger partial charge in [-0.15, -0.1) is 24.0 Å². The first-order valence-corrected chi connectivity index (χ1v) is 10.8. The Morgan fingerprint density at radius 3 is 2.48 bits per heavy atom. The van der Waals surface area contributed by atoms with Gasteiger partial charge in [0, 0.05) is 57.7 Å². The van der Waals surface area contributed by atoms with Gasteiger partial charge in [-0.2, -0.15) is 4.37 Å². The lowest BCUT2D eigenvalue weighted by Crippen LogP contribution is -2.53. The number of carbonyl (C=O) groups is 1. The van der Waals surface area contributed by atoms with Crippen molar-refractivity contribution >= 4 is 52.5 Å². The van der Waals surface area contributed by atoms with Crippen LogP contribution in [-0.2, 0) is 17.8 Å². The molecule has 170 valence electrons. The Labute approximate surface area is 204 Å². The van der Waals surface area contributed by atoms with Crippen molar-refractivity contribution in [2.24, 2.45) is 4.99 Å². The second-order valence-corrected chi connectivity index (χ2v) is 7.58. The maximum atomic E-state index is 12.2. The first-order chi connectivity index (χ1) is 14.6. The number of nitrogens with zero attached hydrogens (tertiary/aromatic N) is 5. The molecule has 2 aromatic rings. The summed E-state index contributed by atoms with van der Waals surface area (Å²) in [4.78, 5) is 25.5. The molecule has 1 amide bonds. The molecule has 0 atom stereocenters. The van der Waals surface area contributed by atoms with E-state index in [0.717, 1.165) is 60.8 Å². The molecule has 0 aliphatic carbocycles. The van der Waals surface area contributed by atoms with Gasteiger partial charge in [-0.25, -0.2) is 4.98 Å². The molecular formula is C20H30IN7O2S. The number of guanidine groups is 1. The molecule has 1 aliphatic rings. The Morgan fingerprint density at radius 2 is 1.90 bits per heavy atom. The van der Waals surface area contributed by atoms with Crippen LogP contribution in [0.3, 0.4) is 0 Å². The zero-order valence-corrected chi connectivity index (χ0v) is 21.3. The third kappa shape index (κ3) is 7.20. The fourth-order valence-corrected chi connectivity index (χ4v) is 3.93. The van der Waals surface area contributed by atoms with Gasteiger partial charge in [0.05, 0.1) is 13.7 Å². The standard InChI is InChI=1S/C20H29N7O2S.HI/c1-4-17-24-20(30-25-17)27-11-9-26(10-12-27)19(21-2)23-14-18(28)22-13-15-5-7-16(29-3)8-6-15;/h5-8H,4,9-14H2,1-3H3,(H,21,23)(H,22,28);1H. The summed E-state index contributed by atoms with van der Waals surface area (Å²) in [5, 5.41) is 7.06. The Hall–Kier alpha value is -2.15. The van der Waals surface area contributed by atoms with Gasteiger partial charge in [0.2, 0.25) is 11.0 Å². The minimum atomic E-state index is -0.0773. The maximum absolute atomic E-state index is 12.2. The Morgan fingerprint density at radius 1 is 1.19 bits per heavy atom. The largest absolute Gasteiger partial charge is 0.497 e. The summed E-state index contributed by atoms with van der Waals surface area (Å²) in [5.74, 6) is 2.36. The Bertz CT molecular complexity index is 851. The smallest absolute Gasteiger partial charge is 0.239 e. The topological polar surface area (TPSA) is 95.0 Å². The van der Waals surface area contributed by atoms with Crippen molar-refractivity contribution in [3.05, 3.63) is 35.7 Å². The molecule has 9 nitrogen and oxygen atoms in total. The normalized spacial score (nSPS) is 14.1. The second-order valence-electron chi connectivity index (χ2n) is 6.85. The highest BCUT2D eigenvalue weighted by molar-refractivity contribution is 14.0. The molecule has 1 saturated heterocycles. The number of rotatable bonds is 7. The van der Waals surface area contributed by atoms with Crippen molar-refractivity contribution in [2.75, 3.05) is 51.8 Å². The van der Waals surface area contributed by atoms with Crippen molar-refractivity contribution in [2.45, 2.75) is 19.9 Å². The van der Waals surface area contributed by atoms with Crippen LogP contribution in [0, 0.1) is 0 Å². The number of methoxy groups -OCH3 is 1. The highest BCUT2D eigenvalue weighted by atomic mass is 127. The molecule has 0 bridgehead atoms. The van der Waals surface area contributed by atoms with Gasteiger partial charge < -0.3 is 25.2 Å². The number of anilines is 1. The van der Waals surface area contributed by atoms with Crippen LogP contribution in [0.5, 0.6) is 5.75 Å². The van der Waals surface area contributed by atoms with E-state index in [1.807, 2.05) is 24.3 Å². The number of aliphatic imine (C=N–C) groups is 1. The van der Waals surface area contributed by atoms with E-state index in [1.54, 1.807) is 14.2 Å². The summed E-state index contributed by atoms with van der Waals surface area (Å²) in [5.41, 5.74) is 1.02. The van der Waals surface area contributed by atoms with E-state index in [2.05, 4.69) is 41.7 Å². The van der Waals surface area contributed by atoms with Gasteiger partial charge in [-0.3, -0.25) is 9.79 Å². The van der Waals surface area contributed by atoms with Gasteiger partial charge in [0.1, 0.15) is 11.6 Å². The number of aromatic nitrogens is 2. The minimum absolute atomic E-state index is 0. The molecule has 0 saturated carbocycles. The van der Waals surface area contributed by atoms with E-state index in [0.29, 0.717) is 6.54 Å². The van der Waals surface area contributed by atoms with E-state index in [9.17, 15) is 4.79 Å². The lowest BCUT2D eigenvalue weighted by molar-refractivity contribution is -0.120. The summed E-state index contributed by atoms with van der Waals surface area (Å²) >= 11 is 1.46. The predicted octanol–water partition coefficient (Wildman–Crippen LogP) is 1.74. The molecule has 31 heavy (non-hydrogen) atoms. The minimum Gasteiger partial charge on any atom is -0.497 e. The van der Waals surface area contributed by atoms with Crippen molar-refractivity contribution in [1.82, 2.24) is 24.9 Å². The van der Waals surface area contributed by atoms with Crippen LogP contribution in [0.15, 0.2) is 29.3 Å². The molecule has 11 heteroatoms. The van der Waals surface area contributed by atoms with E-state index >= 15 is 0 Å². The van der Waals surface area contributed by atoms with Crippen LogP contribution in [0.2, 0.25) is 0 Å². The number of halogens is 1. The van der Waals surface area contributed by atoms with Gasteiger partial charge in [0.15, 0.2) is 5.96 Å². The molecule has 1 fully saturated rings. The molecule has 3 rings (SSSR count). The molecule has 0 radical (unpaired) electrons. The zero-order valence-electron chi connectivity index (χ0n) is 18.1. The molecular weight excluding hydrogens is 529 g/mol. The number of benzene rings is 1. The van der Waals surface area contributed by atoms with Crippen LogP contribution in [-0.4, -0.2) is 73.0 Å². The van der Waals surface area contributed by atoms with E-state index in [1.165, 1.54) is 11.5 Å². The maximum Gasteiger partial charge on any atom is 0.239 e. The van der Waals surface area contributed by atoms with Gasteiger partial charge in [-0.1, -0.05) is 19.1 Å². The quantitative estimate of drug-likeness (QED) is 0.303. The first kappa shape index (κ1) is 25.1. The van der Waals surface area contributed by atoms with Crippen LogP contribution in [0.25, 0.3) is 0 Å². The number of nitrogens with one attached hydrogen (secondary N) is 2. The second kappa shape index (κ2) is 12.6. The fraction of sp³-hybridized carbons (Fsp3) is 0.500. The SMILES string of the molecule is CCc1nsc(N2CCN(C(=NC)NCC(=O)NCc3ccc(OC)cc3)CC2)n1.I. The van der Waals surface area contributed by atoms with Crippen molar-refractivity contribution in [3.63, 3.8) is 0 Å². The molecule has 1 aromatic carbocycles. The molecule has 1 aliphatic heterocycles. The third-order valence-electron chi connectivity index (χ3n) is 4.89. The molecule has 2 heterocycles. The summed E-state index contributed by atoms with van der Waals surface area (Å²) in [6.45, 7) is 6.04. The van der Waals surface area contributed by atoms with E-state index in [4.69, 9.17) is 4.74 Å². The lowest BCUT2D eigenvalue weighted by Gasteiger charge is -2.36. The van der Waals surface area contributed by atoms with Crippen LogP contribution in [0.4, 0.5) is 5.13 Å². The predicted molar refractivity (Wildman–Crippen MR) is 135 cm³/mol. The first-order valence-electron chi connectivity index (χ1n) is 10.1. The number of hydrogen-bond acceptors (Lipinski definition) is 7. The van der Waals surface area contributed by atoms with Crippen molar-refractivity contribution in [1.29, 1.82) is 0 Å². The van der Waals surface area contributed by atoms with Crippen LogP contribution < -0.4 is 20.3 Å². The summed E-state index contributed by atoms with van der Waals surface area (Å²) < 4.78 is 9.51. The van der Waals surface area contributed by atoms with Gasteiger partial charge in [-0.05, 0) is 17.7 Å². The number of amides is 1. The average molecular weight is 559 g/mol. The van der Waals surface area contributed by atoms with Crippen molar-refractivity contribution in [3.8, 4) is 5.75 Å². The summed E-state index contributed by atoms with van der Waals surface area (Å²) in [6, 6.07) is 7.64. The number of ether oxygens (including phenoxy) is 1. The average Bonchev–Trinajstić information content (AvgIpc) is 3.28. The monoisotopic (exact) mass is 559 g/mol. The number of hydrogen-bond donors (Lipinski definition) is 2. The van der Waals surface area contributed by atoms with Crippen LogP contribution in [0.1, 0.15) is 18.3 Å². The number of carbonyl (C=O) groups excluding carboxylic acids is 1. The molecule has 1 aromatic heterocycles. The van der Waals surface area contributed by atoms with E-state index in [-0.39, 0.29) is 36.4 Å². The lowest BCUT2D eigenvalue weighted by atomic mass is 10.2. The van der Waals surface area contributed by atoms with Gasteiger partial charge >= 0.3 is 0 Å². The van der Waals surface area contributed by atoms with Crippen LogP contribution >= 0.6 is 35.5 Å². The molecule has 0 spiro atoms. The van der Waals surface area contributed by atoms with Gasteiger partial charge in [0.25, 0.3) is 0 Å². The number of piperazine rings is 1. The summed E-state index contributed by atoms with van der Waals surface area (Å²) in [7, 11) is 3.37. The Balaban J connectivity index is 0.00000341. The number of aryl methyl sites for hydroxylation is 1. The van der Waals surface area contributed by atoms with Crippen molar-refractivity contribution < 1.29 is 9.53 Å². The fourth-order valence-electron chi connectivity index (χ4n) is 3.12. The zero-order chi connectivity index (χ0) is 21.3.